The first-order valence-electron chi connectivity index (χ1n) is 7.68. The standard InChI is InChI=1S/C19H25NO3/c1-8-14-11-13-9-10-15(12-16(13)22-19(14,5)6)20(7)17(21)23-18(2,3)4/h8-12H,1H2,2-7H3. The van der Waals surface area contributed by atoms with Crippen molar-refractivity contribution in [2.45, 2.75) is 45.8 Å². The lowest BCUT2D eigenvalue weighted by Gasteiger charge is -2.33. The Morgan fingerprint density at radius 3 is 2.57 bits per heavy atom. The summed E-state index contributed by atoms with van der Waals surface area (Å²) < 4.78 is 11.5. The fraction of sp³-hybridized carbons (Fsp3) is 0.421. The number of ether oxygens (including phenoxy) is 2. The highest BCUT2D eigenvalue weighted by Gasteiger charge is 2.29. The van der Waals surface area contributed by atoms with E-state index in [2.05, 4.69) is 12.7 Å². The maximum absolute atomic E-state index is 12.2. The molecule has 2 rings (SSSR count). The Morgan fingerprint density at radius 1 is 1.35 bits per heavy atom. The molecule has 4 nitrogen and oxygen atoms in total. The molecule has 1 aromatic rings. The lowest BCUT2D eigenvalue weighted by atomic mass is 9.92. The summed E-state index contributed by atoms with van der Waals surface area (Å²) in [5.41, 5.74) is 1.75. The second-order valence-electron chi connectivity index (χ2n) is 7.18. The SMILES string of the molecule is C=CC1=Cc2ccc(N(C)C(=O)OC(C)(C)C)cc2OC1(C)C. The van der Waals surface area contributed by atoms with E-state index >= 15 is 0 Å². The van der Waals surface area contributed by atoms with Crippen LogP contribution in [0, 0.1) is 0 Å². The first-order valence-corrected chi connectivity index (χ1v) is 7.68. The van der Waals surface area contributed by atoms with Crippen molar-refractivity contribution in [1.82, 2.24) is 0 Å². The van der Waals surface area contributed by atoms with Gasteiger partial charge in [-0.1, -0.05) is 12.7 Å². The van der Waals surface area contributed by atoms with E-state index in [1.54, 1.807) is 7.05 Å². The lowest BCUT2D eigenvalue weighted by Crippen LogP contribution is -2.35. The van der Waals surface area contributed by atoms with E-state index in [0.717, 1.165) is 22.6 Å². The van der Waals surface area contributed by atoms with Gasteiger partial charge in [-0.15, -0.1) is 0 Å². The zero-order chi connectivity index (χ0) is 17.4. The van der Waals surface area contributed by atoms with Gasteiger partial charge in [0.2, 0.25) is 0 Å². The van der Waals surface area contributed by atoms with Crippen LogP contribution in [0.5, 0.6) is 5.75 Å². The van der Waals surface area contributed by atoms with Gasteiger partial charge in [0.15, 0.2) is 0 Å². The molecule has 1 amide bonds. The van der Waals surface area contributed by atoms with E-state index in [-0.39, 0.29) is 0 Å². The summed E-state index contributed by atoms with van der Waals surface area (Å²) in [5, 5.41) is 0. The molecule has 0 fully saturated rings. The van der Waals surface area contributed by atoms with Crippen LogP contribution >= 0.6 is 0 Å². The van der Waals surface area contributed by atoms with E-state index in [0.29, 0.717) is 0 Å². The van der Waals surface area contributed by atoms with Crippen molar-refractivity contribution >= 4 is 17.9 Å². The Bertz CT molecular complexity index is 666. The van der Waals surface area contributed by atoms with Crippen molar-refractivity contribution < 1.29 is 14.3 Å². The largest absolute Gasteiger partial charge is 0.482 e. The molecule has 0 bridgehead atoms. The second-order valence-corrected chi connectivity index (χ2v) is 7.18. The predicted octanol–water partition coefficient (Wildman–Crippen LogP) is 4.80. The van der Waals surface area contributed by atoms with Crippen molar-refractivity contribution in [2.24, 2.45) is 0 Å². The van der Waals surface area contributed by atoms with Crippen LogP contribution in [0.2, 0.25) is 0 Å². The molecule has 1 heterocycles. The highest BCUT2D eigenvalue weighted by molar-refractivity contribution is 5.88. The number of benzene rings is 1. The van der Waals surface area contributed by atoms with Gasteiger partial charge >= 0.3 is 6.09 Å². The molecule has 0 aromatic heterocycles. The third kappa shape index (κ3) is 3.76. The van der Waals surface area contributed by atoms with E-state index < -0.39 is 17.3 Å². The summed E-state index contributed by atoms with van der Waals surface area (Å²) in [4.78, 5) is 13.7. The highest BCUT2D eigenvalue weighted by atomic mass is 16.6. The number of rotatable bonds is 2. The molecule has 0 saturated carbocycles. The van der Waals surface area contributed by atoms with Crippen LogP contribution in [0.4, 0.5) is 10.5 Å². The minimum Gasteiger partial charge on any atom is -0.482 e. The van der Waals surface area contributed by atoms with Crippen LogP contribution in [0.1, 0.15) is 40.2 Å². The molecule has 124 valence electrons. The van der Waals surface area contributed by atoms with Crippen LogP contribution in [0.15, 0.2) is 36.4 Å². The molecule has 4 heteroatoms. The van der Waals surface area contributed by atoms with Crippen LogP contribution in [0.3, 0.4) is 0 Å². The molecule has 1 aromatic carbocycles. The topological polar surface area (TPSA) is 38.8 Å². The first-order chi connectivity index (χ1) is 10.5. The Morgan fingerprint density at radius 2 is 2.00 bits per heavy atom. The summed E-state index contributed by atoms with van der Waals surface area (Å²) in [6.45, 7) is 13.4. The van der Waals surface area contributed by atoms with Crippen LogP contribution in [-0.4, -0.2) is 24.3 Å². The molecular formula is C19H25NO3. The Balaban J connectivity index is 2.31. The van der Waals surface area contributed by atoms with Gasteiger partial charge in [0, 0.05) is 18.7 Å². The molecule has 0 N–H and O–H groups in total. The second kappa shape index (κ2) is 5.76. The summed E-state index contributed by atoms with van der Waals surface area (Å²) in [6, 6.07) is 5.67. The molecule has 0 radical (unpaired) electrons. The fourth-order valence-corrected chi connectivity index (χ4v) is 2.35. The van der Waals surface area contributed by atoms with Gasteiger partial charge in [0.05, 0.1) is 5.69 Å². The minimum atomic E-state index is -0.528. The molecular weight excluding hydrogens is 290 g/mol. The first kappa shape index (κ1) is 17.1. The van der Waals surface area contributed by atoms with Gasteiger partial charge in [-0.05, 0) is 58.4 Å². The molecule has 0 unspecified atom stereocenters. The van der Waals surface area contributed by atoms with Gasteiger partial charge in [-0.25, -0.2) is 4.79 Å². The number of carbonyl (C=O) groups is 1. The average molecular weight is 315 g/mol. The fourth-order valence-electron chi connectivity index (χ4n) is 2.35. The molecule has 1 aliphatic rings. The zero-order valence-corrected chi connectivity index (χ0v) is 14.8. The van der Waals surface area contributed by atoms with Gasteiger partial charge in [-0.3, -0.25) is 4.90 Å². The Hall–Kier alpha value is -2.23. The number of hydrogen-bond acceptors (Lipinski definition) is 3. The van der Waals surface area contributed by atoms with Crippen LogP contribution in [-0.2, 0) is 4.74 Å². The number of anilines is 1. The van der Waals surface area contributed by atoms with E-state index in [1.807, 2.05) is 58.9 Å². The van der Waals surface area contributed by atoms with E-state index in [9.17, 15) is 4.79 Å². The van der Waals surface area contributed by atoms with Gasteiger partial charge in [0.25, 0.3) is 0 Å². The van der Waals surface area contributed by atoms with Crippen molar-refractivity contribution in [3.63, 3.8) is 0 Å². The van der Waals surface area contributed by atoms with Crippen molar-refractivity contribution in [3.05, 3.63) is 42.0 Å². The number of amides is 1. The monoisotopic (exact) mass is 315 g/mol. The summed E-state index contributed by atoms with van der Waals surface area (Å²) in [5.74, 6) is 0.744. The molecule has 0 atom stereocenters. The molecule has 0 aliphatic carbocycles. The van der Waals surface area contributed by atoms with Gasteiger partial charge < -0.3 is 9.47 Å². The Labute approximate surface area is 138 Å². The summed E-state index contributed by atoms with van der Waals surface area (Å²) in [6.07, 6.45) is 3.47. The maximum atomic E-state index is 12.2. The quantitative estimate of drug-likeness (QED) is 0.787. The van der Waals surface area contributed by atoms with Gasteiger partial charge in [0.1, 0.15) is 17.0 Å². The van der Waals surface area contributed by atoms with Crippen LogP contribution in [0.25, 0.3) is 6.08 Å². The number of fused-ring (bicyclic) bond motifs is 1. The molecule has 1 aliphatic heterocycles. The molecule has 0 spiro atoms. The number of carbonyl (C=O) groups excluding carboxylic acids is 1. The van der Waals surface area contributed by atoms with E-state index in [1.165, 1.54) is 4.90 Å². The Kier molecular flexibility index (Phi) is 4.29. The summed E-state index contributed by atoms with van der Waals surface area (Å²) >= 11 is 0. The molecule has 23 heavy (non-hydrogen) atoms. The predicted molar refractivity (Wildman–Crippen MR) is 94.0 cm³/mol. The minimum absolute atomic E-state index is 0.394. The van der Waals surface area contributed by atoms with E-state index in [4.69, 9.17) is 9.47 Å². The third-order valence-corrected chi connectivity index (χ3v) is 3.64. The van der Waals surface area contributed by atoms with Crippen molar-refractivity contribution in [1.29, 1.82) is 0 Å². The number of nitrogens with zero attached hydrogens (tertiary/aromatic N) is 1. The van der Waals surface area contributed by atoms with Gasteiger partial charge in [-0.2, -0.15) is 0 Å². The maximum Gasteiger partial charge on any atom is 0.414 e. The average Bonchev–Trinajstić information content (AvgIpc) is 2.42. The number of hydrogen-bond donors (Lipinski definition) is 0. The summed E-state index contributed by atoms with van der Waals surface area (Å²) in [7, 11) is 1.69. The van der Waals surface area contributed by atoms with Crippen LogP contribution < -0.4 is 9.64 Å². The highest BCUT2D eigenvalue weighted by Crippen LogP contribution is 2.38. The zero-order valence-electron chi connectivity index (χ0n) is 14.8. The third-order valence-electron chi connectivity index (χ3n) is 3.64. The van der Waals surface area contributed by atoms with Crippen molar-refractivity contribution in [3.8, 4) is 5.75 Å². The smallest absolute Gasteiger partial charge is 0.414 e. The molecule has 0 saturated heterocycles. The van der Waals surface area contributed by atoms with Crippen molar-refractivity contribution in [2.75, 3.05) is 11.9 Å². The normalized spacial score (nSPS) is 15.8. The lowest BCUT2D eigenvalue weighted by molar-refractivity contribution is 0.0589.